The number of hydrogen-bond donors (Lipinski definition) is 1. The maximum atomic E-state index is 13.4. The van der Waals surface area contributed by atoms with Crippen LogP contribution in [-0.4, -0.2) is 0 Å². The highest BCUT2D eigenvalue weighted by molar-refractivity contribution is 5.38. The van der Waals surface area contributed by atoms with Crippen LogP contribution in [0.3, 0.4) is 0 Å². The molecule has 0 amide bonds. The lowest BCUT2D eigenvalue weighted by atomic mass is 10.2. The van der Waals surface area contributed by atoms with Crippen molar-refractivity contribution >= 4 is 0 Å². The van der Waals surface area contributed by atoms with Crippen molar-refractivity contribution in [2.45, 2.75) is 6.54 Å². The van der Waals surface area contributed by atoms with Crippen molar-refractivity contribution in [1.82, 2.24) is 0 Å². The Bertz CT molecular complexity index is 471. The summed E-state index contributed by atoms with van der Waals surface area (Å²) in [6, 6.07) is 13.9. The SMILES string of the molecule is NCc1c(F)cccc1Oc1ccccc1. The molecule has 0 heterocycles. The molecule has 0 radical (unpaired) electrons. The summed E-state index contributed by atoms with van der Waals surface area (Å²) >= 11 is 0. The highest BCUT2D eigenvalue weighted by atomic mass is 19.1. The fourth-order valence-electron chi connectivity index (χ4n) is 1.45. The number of rotatable bonds is 3. The lowest BCUT2D eigenvalue weighted by Gasteiger charge is -2.10. The summed E-state index contributed by atoms with van der Waals surface area (Å²) in [6.45, 7) is 0.120. The Morgan fingerprint density at radius 2 is 1.75 bits per heavy atom. The standard InChI is InChI=1S/C13H12FNO/c14-12-7-4-8-13(11(12)9-15)16-10-5-2-1-3-6-10/h1-8H,9,15H2. The summed E-state index contributed by atoms with van der Waals surface area (Å²) in [7, 11) is 0. The lowest BCUT2D eigenvalue weighted by Crippen LogP contribution is -2.02. The number of halogens is 1. The Balaban J connectivity index is 2.31. The number of ether oxygens (including phenoxy) is 1. The Morgan fingerprint density at radius 1 is 1.00 bits per heavy atom. The van der Waals surface area contributed by atoms with E-state index in [9.17, 15) is 4.39 Å². The van der Waals surface area contributed by atoms with E-state index in [2.05, 4.69) is 0 Å². The van der Waals surface area contributed by atoms with Gasteiger partial charge in [-0.3, -0.25) is 0 Å². The van der Waals surface area contributed by atoms with Crippen LogP contribution in [0.5, 0.6) is 11.5 Å². The first-order valence-corrected chi connectivity index (χ1v) is 5.01. The van der Waals surface area contributed by atoms with Gasteiger partial charge >= 0.3 is 0 Å². The van der Waals surface area contributed by atoms with Gasteiger partial charge in [-0.05, 0) is 24.3 Å². The normalized spacial score (nSPS) is 10.1. The average Bonchev–Trinajstić information content (AvgIpc) is 2.31. The zero-order chi connectivity index (χ0) is 11.4. The second-order valence-corrected chi connectivity index (χ2v) is 3.34. The Kier molecular flexibility index (Phi) is 3.17. The molecule has 2 N–H and O–H groups in total. The second-order valence-electron chi connectivity index (χ2n) is 3.34. The van der Waals surface area contributed by atoms with E-state index in [-0.39, 0.29) is 12.4 Å². The number of benzene rings is 2. The van der Waals surface area contributed by atoms with Crippen molar-refractivity contribution in [3.63, 3.8) is 0 Å². The topological polar surface area (TPSA) is 35.2 Å². The molecule has 2 rings (SSSR count). The largest absolute Gasteiger partial charge is 0.457 e. The highest BCUT2D eigenvalue weighted by Gasteiger charge is 2.08. The summed E-state index contributed by atoms with van der Waals surface area (Å²) in [5.74, 6) is 0.799. The van der Waals surface area contributed by atoms with E-state index >= 15 is 0 Å². The van der Waals surface area contributed by atoms with Gasteiger partial charge in [-0.1, -0.05) is 24.3 Å². The molecule has 16 heavy (non-hydrogen) atoms. The molecule has 0 aliphatic rings. The van der Waals surface area contributed by atoms with Gasteiger partial charge in [0.1, 0.15) is 17.3 Å². The molecule has 2 aromatic rings. The number of hydrogen-bond acceptors (Lipinski definition) is 2. The fraction of sp³-hybridized carbons (Fsp3) is 0.0769. The molecule has 0 saturated heterocycles. The summed E-state index contributed by atoms with van der Waals surface area (Å²) in [5, 5.41) is 0. The van der Waals surface area contributed by atoms with Crippen LogP contribution in [0.4, 0.5) is 4.39 Å². The first-order valence-electron chi connectivity index (χ1n) is 5.01. The quantitative estimate of drug-likeness (QED) is 0.857. The van der Waals surface area contributed by atoms with Crippen molar-refractivity contribution in [1.29, 1.82) is 0 Å². The van der Waals surface area contributed by atoms with Gasteiger partial charge in [0.2, 0.25) is 0 Å². The van der Waals surface area contributed by atoms with Crippen LogP contribution in [-0.2, 0) is 6.54 Å². The Morgan fingerprint density at radius 3 is 2.44 bits per heavy atom. The zero-order valence-electron chi connectivity index (χ0n) is 8.69. The van der Waals surface area contributed by atoms with Crippen molar-refractivity contribution < 1.29 is 9.13 Å². The smallest absolute Gasteiger partial charge is 0.134 e. The third kappa shape index (κ3) is 2.20. The number of para-hydroxylation sites is 1. The molecule has 2 nitrogen and oxygen atoms in total. The van der Waals surface area contributed by atoms with Gasteiger partial charge in [-0.2, -0.15) is 0 Å². The summed E-state index contributed by atoms with van der Waals surface area (Å²) in [4.78, 5) is 0. The molecular formula is C13H12FNO. The maximum Gasteiger partial charge on any atom is 0.134 e. The Labute approximate surface area is 93.5 Å². The van der Waals surface area contributed by atoms with E-state index in [0.29, 0.717) is 17.1 Å². The fourth-order valence-corrected chi connectivity index (χ4v) is 1.45. The highest BCUT2D eigenvalue weighted by Crippen LogP contribution is 2.26. The molecule has 0 spiro atoms. The molecule has 0 aliphatic heterocycles. The first kappa shape index (κ1) is 10.6. The van der Waals surface area contributed by atoms with Crippen LogP contribution < -0.4 is 10.5 Å². The second kappa shape index (κ2) is 4.77. The molecule has 0 aliphatic carbocycles. The molecule has 0 atom stereocenters. The monoisotopic (exact) mass is 217 g/mol. The van der Waals surface area contributed by atoms with E-state index in [1.54, 1.807) is 12.1 Å². The molecule has 2 aromatic carbocycles. The van der Waals surface area contributed by atoms with E-state index in [0.717, 1.165) is 0 Å². The van der Waals surface area contributed by atoms with Crippen LogP contribution >= 0.6 is 0 Å². The third-order valence-electron chi connectivity index (χ3n) is 2.25. The Hall–Kier alpha value is -1.87. The van der Waals surface area contributed by atoms with Crippen molar-refractivity contribution in [3.05, 3.63) is 59.9 Å². The van der Waals surface area contributed by atoms with Crippen molar-refractivity contribution in [3.8, 4) is 11.5 Å². The van der Waals surface area contributed by atoms with Crippen LogP contribution in [0.15, 0.2) is 48.5 Å². The van der Waals surface area contributed by atoms with Crippen molar-refractivity contribution in [2.24, 2.45) is 5.73 Å². The van der Waals surface area contributed by atoms with E-state index in [4.69, 9.17) is 10.5 Å². The summed E-state index contributed by atoms with van der Waals surface area (Å²) in [6.07, 6.45) is 0. The molecule has 0 aromatic heterocycles. The molecule has 0 unspecified atom stereocenters. The van der Waals surface area contributed by atoms with Gasteiger partial charge in [0.15, 0.2) is 0 Å². The van der Waals surface area contributed by atoms with Gasteiger partial charge in [0.25, 0.3) is 0 Å². The van der Waals surface area contributed by atoms with E-state index in [1.165, 1.54) is 6.07 Å². The van der Waals surface area contributed by atoms with Gasteiger partial charge in [0, 0.05) is 12.1 Å². The van der Waals surface area contributed by atoms with Gasteiger partial charge in [-0.15, -0.1) is 0 Å². The van der Waals surface area contributed by atoms with Crippen LogP contribution in [0.2, 0.25) is 0 Å². The van der Waals surface area contributed by atoms with Crippen molar-refractivity contribution in [2.75, 3.05) is 0 Å². The maximum absolute atomic E-state index is 13.4. The molecule has 82 valence electrons. The van der Waals surface area contributed by atoms with E-state index in [1.807, 2.05) is 30.3 Å². The predicted molar refractivity (Wildman–Crippen MR) is 60.8 cm³/mol. The van der Waals surface area contributed by atoms with E-state index < -0.39 is 0 Å². The summed E-state index contributed by atoms with van der Waals surface area (Å²) < 4.78 is 19.0. The van der Waals surface area contributed by atoms with Gasteiger partial charge in [-0.25, -0.2) is 4.39 Å². The zero-order valence-corrected chi connectivity index (χ0v) is 8.69. The minimum atomic E-state index is -0.337. The minimum Gasteiger partial charge on any atom is -0.457 e. The summed E-state index contributed by atoms with van der Waals surface area (Å²) in [5.41, 5.74) is 5.88. The first-order chi connectivity index (χ1) is 7.81. The lowest BCUT2D eigenvalue weighted by molar-refractivity contribution is 0.467. The third-order valence-corrected chi connectivity index (χ3v) is 2.25. The van der Waals surface area contributed by atoms with Gasteiger partial charge < -0.3 is 10.5 Å². The predicted octanol–water partition coefficient (Wildman–Crippen LogP) is 3.08. The number of nitrogens with two attached hydrogens (primary N) is 1. The van der Waals surface area contributed by atoms with Gasteiger partial charge in [0.05, 0.1) is 0 Å². The molecule has 0 bridgehead atoms. The molecule has 0 saturated carbocycles. The molecule has 0 fully saturated rings. The minimum absolute atomic E-state index is 0.120. The average molecular weight is 217 g/mol. The molecule has 3 heteroatoms. The van der Waals surface area contributed by atoms with Crippen LogP contribution in [0.1, 0.15) is 5.56 Å². The molecular weight excluding hydrogens is 205 g/mol. The van der Waals surface area contributed by atoms with Crippen LogP contribution in [0.25, 0.3) is 0 Å². The van der Waals surface area contributed by atoms with Crippen LogP contribution in [0, 0.1) is 5.82 Å².